The lowest BCUT2D eigenvalue weighted by Crippen LogP contribution is -2.61. The number of hydrogen-bond donors (Lipinski definition) is 2. The lowest BCUT2D eigenvalue weighted by atomic mass is 9.66. The third-order valence-electron chi connectivity index (χ3n) is 3.15. The molecule has 0 aliphatic heterocycles. The Hall–Kier alpha value is -1.82. The zero-order valence-corrected chi connectivity index (χ0v) is 11.8. The zero-order chi connectivity index (χ0) is 15.2. The molecule has 110 valence electrons. The maximum Gasteiger partial charge on any atom is 0.215 e. The van der Waals surface area contributed by atoms with Crippen LogP contribution in [0.3, 0.4) is 0 Å². The summed E-state index contributed by atoms with van der Waals surface area (Å²) in [5.74, 6) is -3.12. The summed E-state index contributed by atoms with van der Waals surface area (Å²) < 4.78 is 10.7. The first kappa shape index (κ1) is 14.6. The molecule has 0 amide bonds. The van der Waals surface area contributed by atoms with Gasteiger partial charge in [-0.15, -0.1) is 0 Å². The van der Waals surface area contributed by atoms with E-state index in [2.05, 4.69) is 0 Å². The number of carbonyl (C=O) groups excluding carboxylic acids is 2. The van der Waals surface area contributed by atoms with Crippen LogP contribution in [0.2, 0.25) is 0 Å². The highest BCUT2D eigenvalue weighted by Gasteiger charge is 2.64. The third kappa shape index (κ3) is 1.91. The number of hydrogen-bond acceptors (Lipinski definition) is 6. The van der Waals surface area contributed by atoms with Gasteiger partial charge < -0.3 is 19.7 Å². The minimum absolute atomic E-state index is 0.0354. The molecule has 6 heteroatoms. The Balaban J connectivity index is 2.30. The molecule has 0 spiro atoms. The Labute approximate surface area is 116 Å². The quantitative estimate of drug-likeness (QED) is 0.781. The number of ketones is 2. The van der Waals surface area contributed by atoms with Gasteiger partial charge in [-0.25, -0.2) is 0 Å². The first-order chi connectivity index (χ1) is 9.19. The van der Waals surface area contributed by atoms with E-state index in [1.54, 1.807) is 27.7 Å². The van der Waals surface area contributed by atoms with Crippen LogP contribution < -0.4 is 0 Å². The van der Waals surface area contributed by atoms with E-state index in [1.807, 2.05) is 0 Å². The van der Waals surface area contributed by atoms with Crippen molar-refractivity contribution in [1.29, 1.82) is 0 Å². The number of aliphatic hydroxyl groups excluding tert-OH is 1. The largest absolute Gasteiger partial charge is 0.502 e. The molecule has 2 atom stereocenters. The van der Waals surface area contributed by atoms with Crippen molar-refractivity contribution in [2.45, 2.75) is 45.5 Å². The molecule has 2 N–H and O–H groups in total. The number of allylic oxidation sites excluding steroid dienone is 1. The second kappa shape index (κ2) is 4.63. The van der Waals surface area contributed by atoms with Crippen LogP contribution in [-0.4, -0.2) is 39.6 Å². The summed E-state index contributed by atoms with van der Waals surface area (Å²) in [6, 6.07) is 0. The molecule has 2 aliphatic carbocycles. The van der Waals surface area contributed by atoms with E-state index in [0.29, 0.717) is 0 Å². The van der Waals surface area contributed by atoms with Gasteiger partial charge in [-0.3, -0.25) is 9.59 Å². The Morgan fingerprint density at radius 2 is 1.70 bits per heavy atom. The standard InChI is InChI=1S/C14H18O6/c1-6(2)19-9-5-8(15)14(9,18)10-11(16)12(17)13(10)20-7(3)4/h5-7,10,17-18H,1-4H3. The molecule has 20 heavy (non-hydrogen) atoms. The van der Waals surface area contributed by atoms with Crippen molar-refractivity contribution in [3.63, 3.8) is 0 Å². The number of carbonyl (C=O) groups is 2. The highest BCUT2D eigenvalue weighted by molar-refractivity contribution is 6.15. The van der Waals surface area contributed by atoms with E-state index in [0.717, 1.165) is 6.08 Å². The van der Waals surface area contributed by atoms with Crippen molar-refractivity contribution in [2.75, 3.05) is 0 Å². The first-order valence-electron chi connectivity index (χ1n) is 6.49. The van der Waals surface area contributed by atoms with Gasteiger partial charge in [0.25, 0.3) is 0 Å². The van der Waals surface area contributed by atoms with Crippen LogP contribution in [0, 0.1) is 5.92 Å². The van der Waals surface area contributed by atoms with Gasteiger partial charge in [0.2, 0.25) is 11.4 Å². The minimum atomic E-state index is -2.06. The van der Waals surface area contributed by atoms with Crippen molar-refractivity contribution >= 4 is 11.6 Å². The predicted octanol–water partition coefficient (Wildman–Crippen LogP) is 1.00. The van der Waals surface area contributed by atoms with Crippen LogP contribution in [0.4, 0.5) is 0 Å². The summed E-state index contributed by atoms with van der Waals surface area (Å²) in [7, 11) is 0. The number of Topliss-reactive ketones (excluding diaryl/α,β-unsaturated/α-hetero) is 1. The molecular formula is C14H18O6. The van der Waals surface area contributed by atoms with Crippen LogP contribution in [-0.2, 0) is 19.1 Å². The summed E-state index contributed by atoms with van der Waals surface area (Å²) >= 11 is 0. The Morgan fingerprint density at radius 1 is 1.15 bits per heavy atom. The second-order valence-corrected chi connectivity index (χ2v) is 5.48. The molecule has 6 nitrogen and oxygen atoms in total. The summed E-state index contributed by atoms with van der Waals surface area (Å²) in [4.78, 5) is 23.5. The van der Waals surface area contributed by atoms with Crippen LogP contribution in [0.1, 0.15) is 27.7 Å². The summed E-state index contributed by atoms with van der Waals surface area (Å²) in [6.45, 7) is 6.92. The predicted molar refractivity (Wildman–Crippen MR) is 68.6 cm³/mol. The van der Waals surface area contributed by atoms with Gasteiger partial charge in [-0.2, -0.15) is 0 Å². The molecule has 0 saturated carbocycles. The third-order valence-corrected chi connectivity index (χ3v) is 3.15. The fourth-order valence-corrected chi connectivity index (χ4v) is 2.24. The van der Waals surface area contributed by atoms with Gasteiger partial charge in [0.05, 0.1) is 12.2 Å². The first-order valence-corrected chi connectivity index (χ1v) is 6.49. The highest BCUT2D eigenvalue weighted by atomic mass is 16.5. The number of aliphatic hydroxyl groups is 2. The van der Waals surface area contributed by atoms with Crippen LogP contribution >= 0.6 is 0 Å². The van der Waals surface area contributed by atoms with Gasteiger partial charge in [0.15, 0.2) is 17.3 Å². The van der Waals surface area contributed by atoms with Gasteiger partial charge in [0, 0.05) is 6.08 Å². The molecule has 2 rings (SSSR count). The van der Waals surface area contributed by atoms with Crippen LogP contribution in [0.15, 0.2) is 23.4 Å². The van der Waals surface area contributed by atoms with Gasteiger partial charge in [-0.1, -0.05) is 0 Å². The van der Waals surface area contributed by atoms with Crippen molar-refractivity contribution in [2.24, 2.45) is 5.92 Å². The monoisotopic (exact) mass is 282 g/mol. The van der Waals surface area contributed by atoms with E-state index >= 15 is 0 Å². The fourth-order valence-electron chi connectivity index (χ4n) is 2.24. The smallest absolute Gasteiger partial charge is 0.215 e. The Bertz CT molecular complexity index is 528. The minimum Gasteiger partial charge on any atom is -0.502 e. The molecule has 0 aromatic carbocycles. The maximum absolute atomic E-state index is 11.8. The van der Waals surface area contributed by atoms with Crippen molar-refractivity contribution < 1.29 is 29.3 Å². The van der Waals surface area contributed by atoms with E-state index < -0.39 is 28.8 Å². The van der Waals surface area contributed by atoms with E-state index in [1.165, 1.54) is 0 Å². The van der Waals surface area contributed by atoms with E-state index in [-0.39, 0.29) is 23.7 Å². The normalized spacial score (nSPS) is 29.4. The summed E-state index contributed by atoms with van der Waals surface area (Å²) in [5.41, 5.74) is -2.06. The Kier molecular flexibility index (Phi) is 3.37. The molecular weight excluding hydrogens is 264 g/mol. The van der Waals surface area contributed by atoms with Gasteiger partial charge in [-0.05, 0) is 27.7 Å². The topological polar surface area (TPSA) is 93.1 Å². The van der Waals surface area contributed by atoms with Crippen LogP contribution in [0.5, 0.6) is 0 Å². The van der Waals surface area contributed by atoms with Gasteiger partial charge >= 0.3 is 0 Å². The maximum atomic E-state index is 11.8. The van der Waals surface area contributed by atoms with Crippen molar-refractivity contribution in [3.8, 4) is 0 Å². The Morgan fingerprint density at radius 3 is 2.15 bits per heavy atom. The number of ether oxygens (including phenoxy) is 2. The average molecular weight is 282 g/mol. The SMILES string of the molecule is CC(C)OC1=CC(=O)C1(O)C1C(=O)C(O)=C1OC(C)C. The molecule has 0 aromatic rings. The molecule has 0 aromatic heterocycles. The molecule has 0 radical (unpaired) electrons. The lowest BCUT2D eigenvalue weighted by Gasteiger charge is -2.44. The summed E-state index contributed by atoms with van der Waals surface area (Å²) in [6.07, 6.45) is 0.610. The van der Waals surface area contributed by atoms with Crippen LogP contribution in [0.25, 0.3) is 0 Å². The average Bonchev–Trinajstić information content (AvgIpc) is 2.36. The molecule has 0 saturated heterocycles. The second-order valence-electron chi connectivity index (χ2n) is 5.48. The fraction of sp³-hybridized carbons (Fsp3) is 0.571. The molecule has 0 bridgehead atoms. The molecule has 2 aliphatic rings. The number of rotatable bonds is 5. The van der Waals surface area contributed by atoms with Crippen molar-refractivity contribution in [1.82, 2.24) is 0 Å². The lowest BCUT2D eigenvalue weighted by molar-refractivity contribution is -0.159. The summed E-state index contributed by atoms with van der Waals surface area (Å²) in [5, 5.41) is 20.0. The van der Waals surface area contributed by atoms with E-state index in [9.17, 15) is 19.8 Å². The molecule has 0 heterocycles. The highest BCUT2D eigenvalue weighted by Crippen LogP contribution is 2.47. The zero-order valence-electron chi connectivity index (χ0n) is 11.8. The molecule has 2 unspecified atom stereocenters. The molecule has 0 fully saturated rings. The van der Waals surface area contributed by atoms with Gasteiger partial charge in [0.1, 0.15) is 11.7 Å². The van der Waals surface area contributed by atoms with E-state index in [4.69, 9.17) is 9.47 Å². The van der Waals surface area contributed by atoms with Crippen molar-refractivity contribution in [3.05, 3.63) is 23.4 Å².